The summed E-state index contributed by atoms with van der Waals surface area (Å²) in [6, 6.07) is 8.34. The molecule has 4 rings (SSSR count). The molecular formula is C27H31F3O9. The van der Waals surface area contributed by atoms with Crippen molar-refractivity contribution in [1.82, 2.24) is 0 Å². The molecule has 2 aromatic carbocycles. The summed E-state index contributed by atoms with van der Waals surface area (Å²) in [5.41, 5.74) is 1.04. The van der Waals surface area contributed by atoms with E-state index in [1.54, 1.807) is 19.9 Å². The molecular weight excluding hydrogens is 525 g/mol. The lowest BCUT2D eigenvalue weighted by molar-refractivity contribution is -0.217. The van der Waals surface area contributed by atoms with E-state index in [9.17, 15) is 18.0 Å². The van der Waals surface area contributed by atoms with E-state index in [0.29, 0.717) is 17.9 Å². The number of alkyl halides is 3. The zero-order chi connectivity index (χ0) is 28.3. The first-order chi connectivity index (χ1) is 18.5. The lowest BCUT2D eigenvalue weighted by atomic mass is 9.82. The van der Waals surface area contributed by atoms with Crippen LogP contribution in [0.15, 0.2) is 30.3 Å². The Morgan fingerprint density at radius 1 is 1.00 bits per heavy atom. The van der Waals surface area contributed by atoms with Gasteiger partial charge in [-0.05, 0) is 56.0 Å². The number of ether oxygens (including phenoxy) is 8. The molecule has 0 saturated carbocycles. The molecule has 2 aliphatic heterocycles. The van der Waals surface area contributed by atoms with Gasteiger partial charge in [0.1, 0.15) is 6.10 Å². The Balaban J connectivity index is 1.78. The van der Waals surface area contributed by atoms with Gasteiger partial charge in [0.05, 0.1) is 40.0 Å². The van der Waals surface area contributed by atoms with E-state index in [1.165, 1.54) is 33.5 Å². The van der Waals surface area contributed by atoms with E-state index in [0.717, 1.165) is 5.56 Å². The zero-order valence-corrected chi connectivity index (χ0v) is 22.2. The Morgan fingerprint density at radius 2 is 1.67 bits per heavy atom. The SMILES string of the molecule is COc1cc(C(OC(=O)C(F)(F)F)[C@@H]2[C@@H](Cc3ccc4c(c3)OCO4)CO[C@@H]2OC(C)C)cc(OC)c1OC. The first kappa shape index (κ1) is 28.6. The van der Waals surface area contributed by atoms with E-state index in [-0.39, 0.29) is 42.3 Å². The molecule has 9 nitrogen and oxygen atoms in total. The molecule has 0 aromatic heterocycles. The van der Waals surface area contributed by atoms with E-state index in [2.05, 4.69) is 0 Å². The quantitative estimate of drug-likeness (QED) is 0.381. The van der Waals surface area contributed by atoms with Crippen molar-refractivity contribution in [3.8, 4) is 28.7 Å². The highest BCUT2D eigenvalue weighted by molar-refractivity contribution is 5.76. The van der Waals surface area contributed by atoms with Gasteiger partial charge in [0, 0.05) is 5.56 Å². The Hall–Kier alpha value is -3.38. The van der Waals surface area contributed by atoms with Crippen LogP contribution in [0.5, 0.6) is 28.7 Å². The van der Waals surface area contributed by atoms with Gasteiger partial charge in [0.25, 0.3) is 0 Å². The van der Waals surface area contributed by atoms with Crippen LogP contribution in [-0.2, 0) is 25.4 Å². The molecule has 39 heavy (non-hydrogen) atoms. The number of fused-ring (bicyclic) bond motifs is 1. The van der Waals surface area contributed by atoms with Crippen LogP contribution in [-0.4, -0.2) is 59.3 Å². The second-order valence-corrected chi connectivity index (χ2v) is 9.40. The van der Waals surface area contributed by atoms with Gasteiger partial charge < -0.3 is 37.9 Å². The van der Waals surface area contributed by atoms with Crippen molar-refractivity contribution in [1.29, 1.82) is 0 Å². The number of methoxy groups -OCH3 is 3. The number of benzene rings is 2. The van der Waals surface area contributed by atoms with Crippen LogP contribution in [0.1, 0.15) is 31.1 Å². The summed E-state index contributed by atoms with van der Waals surface area (Å²) in [6.45, 7) is 3.82. The van der Waals surface area contributed by atoms with Crippen molar-refractivity contribution in [2.75, 3.05) is 34.7 Å². The summed E-state index contributed by atoms with van der Waals surface area (Å²) in [7, 11) is 4.16. The average Bonchev–Trinajstić information content (AvgIpc) is 3.51. The van der Waals surface area contributed by atoms with E-state index in [1.807, 2.05) is 12.1 Å². The fraction of sp³-hybridized carbons (Fsp3) is 0.519. The molecule has 2 aliphatic rings. The maximum absolute atomic E-state index is 13.5. The lowest BCUT2D eigenvalue weighted by Gasteiger charge is -2.32. The predicted octanol–water partition coefficient (Wildman–Crippen LogP) is 4.84. The third kappa shape index (κ3) is 6.27. The van der Waals surface area contributed by atoms with Crippen molar-refractivity contribution in [3.05, 3.63) is 41.5 Å². The van der Waals surface area contributed by atoms with Gasteiger partial charge in [-0.3, -0.25) is 0 Å². The smallest absolute Gasteiger partial charge is 0.490 e. The number of esters is 1. The van der Waals surface area contributed by atoms with Crippen LogP contribution < -0.4 is 23.7 Å². The fourth-order valence-corrected chi connectivity index (χ4v) is 4.83. The predicted molar refractivity (Wildman–Crippen MR) is 130 cm³/mol. The molecule has 0 aliphatic carbocycles. The normalized spacial score (nSPS) is 21.1. The Bertz CT molecular complexity index is 1140. The number of carbonyl (C=O) groups excluding carboxylic acids is 1. The second kappa shape index (κ2) is 11.8. The molecule has 0 N–H and O–H groups in total. The van der Waals surface area contributed by atoms with Gasteiger partial charge >= 0.3 is 12.1 Å². The molecule has 1 saturated heterocycles. The van der Waals surface area contributed by atoms with Crippen LogP contribution in [0.4, 0.5) is 13.2 Å². The van der Waals surface area contributed by atoms with Gasteiger partial charge in [0.2, 0.25) is 12.5 Å². The first-order valence-corrected chi connectivity index (χ1v) is 12.3. The highest BCUT2D eigenvalue weighted by Gasteiger charge is 2.50. The minimum atomic E-state index is -5.22. The molecule has 0 spiro atoms. The third-order valence-electron chi connectivity index (χ3n) is 6.50. The maximum Gasteiger partial charge on any atom is 0.490 e. The summed E-state index contributed by atoms with van der Waals surface area (Å²) in [6.07, 6.45) is -7.56. The van der Waals surface area contributed by atoms with Gasteiger partial charge in [-0.2, -0.15) is 13.2 Å². The van der Waals surface area contributed by atoms with Gasteiger partial charge in [-0.25, -0.2) is 4.79 Å². The average molecular weight is 557 g/mol. The molecule has 12 heteroatoms. The van der Waals surface area contributed by atoms with Crippen LogP contribution in [0.25, 0.3) is 0 Å². The highest BCUT2D eigenvalue weighted by Crippen LogP contribution is 2.47. The second-order valence-electron chi connectivity index (χ2n) is 9.40. The molecule has 214 valence electrons. The molecule has 4 atom stereocenters. The van der Waals surface area contributed by atoms with E-state index < -0.39 is 36.4 Å². The Labute approximate surface area is 224 Å². The number of carbonyl (C=O) groups is 1. The zero-order valence-electron chi connectivity index (χ0n) is 22.2. The van der Waals surface area contributed by atoms with Crippen LogP contribution in [0, 0.1) is 11.8 Å². The molecule has 1 fully saturated rings. The lowest BCUT2D eigenvalue weighted by Crippen LogP contribution is -2.37. The molecule has 2 aromatic rings. The van der Waals surface area contributed by atoms with Gasteiger partial charge in [0.15, 0.2) is 29.3 Å². The monoisotopic (exact) mass is 556 g/mol. The fourth-order valence-electron chi connectivity index (χ4n) is 4.83. The van der Waals surface area contributed by atoms with Crippen molar-refractivity contribution >= 4 is 5.97 Å². The highest BCUT2D eigenvalue weighted by atomic mass is 19.4. The number of rotatable bonds is 10. The largest absolute Gasteiger partial charge is 0.493 e. The number of halogens is 3. The van der Waals surface area contributed by atoms with Gasteiger partial charge in [-0.1, -0.05) is 6.07 Å². The minimum Gasteiger partial charge on any atom is -0.493 e. The molecule has 1 unspecified atom stereocenters. The van der Waals surface area contributed by atoms with Crippen LogP contribution in [0.2, 0.25) is 0 Å². The summed E-state index contributed by atoms with van der Waals surface area (Å²) in [4.78, 5) is 12.2. The number of hydrogen-bond acceptors (Lipinski definition) is 9. The Kier molecular flexibility index (Phi) is 8.65. The summed E-state index contributed by atoms with van der Waals surface area (Å²) >= 11 is 0. The minimum absolute atomic E-state index is 0.106. The van der Waals surface area contributed by atoms with Crippen molar-refractivity contribution < 1.29 is 55.9 Å². The maximum atomic E-state index is 13.5. The first-order valence-electron chi connectivity index (χ1n) is 12.3. The number of hydrogen-bond donors (Lipinski definition) is 0. The van der Waals surface area contributed by atoms with Crippen molar-refractivity contribution in [2.45, 2.75) is 44.9 Å². The van der Waals surface area contributed by atoms with Gasteiger partial charge in [-0.15, -0.1) is 0 Å². The summed E-state index contributed by atoms with van der Waals surface area (Å²) in [5, 5.41) is 0. The van der Waals surface area contributed by atoms with Crippen molar-refractivity contribution in [3.63, 3.8) is 0 Å². The van der Waals surface area contributed by atoms with E-state index >= 15 is 0 Å². The molecule has 0 bridgehead atoms. The Morgan fingerprint density at radius 3 is 2.26 bits per heavy atom. The van der Waals surface area contributed by atoms with E-state index in [4.69, 9.17) is 37.9 Å². The third-order valence-corrected chi connectivity index (χ3v) is 6.50. The molecule has 0 radical (unpaired) electrons. The molecule has 0 amide bonds. The topological polar surface area (TPSA) is 90.9 Å². The van der Waals surface area contributed by atoms with Crippen molar-refractivity contribution in [2.24, 2.45) is 11.8 Å². The summed E-state index contributed by atoms with van der Waals surface area (Å²) in [5.74, 6) is -1.78. The molecule has 2 heterocycles. The summed E-state index contributed by atoms with van der Waals surface area (Å²) < 4.78 is 84.5. The standard InChI is InChI=1S/C27H31F3O9/c1-14(2)38-25-22(17(12-35-25)8-15-6-7-18-19(9-15)37-13-36-18)23(39-26(31)27(28,29)30)16-10-20(32-3)24(34-5)21(11-16)33-4/h6-7,9-11,14,17,22-23,25H,8,12-13H2,1-5H3/t17-,22-,23?,25+/m0/s1. The van der Waals surface area contributed by atoms with Crippen LogP contribution >= 0.6 is 0 Å². The van der Waals surface area contributed by atoms with Crippen LogP contribution in [0.3, 0.4) is 0 Å².